The Labute approximate surface area is 135 Å². The van der Waals surface area contributed by atoms with E-state index >= 15 is 0 Å². The Morgan fingerprint density at radius 1 is 1.24 bits per heavy atom. The highest BCUT2D eigenvalue weighted by Crippen LogP contribution is 2.30. The number of hydrogen-bond acceptors (Lipinski definition) is 3. The molecule has 1 aromatic rings. The molecule has 3 rings (SSSR count). The molecule has 2 aliphatic carbocycles. The first-order valence-electron chi connectivity index (χ1n) is 8.08. The Bertz CT molecular complexity index is 490. The van der Waals surface area contributed by atoms with E-state index in [0.717, 1.165) is 36.3 Å². The van der Waals surface area contributed by atoms with E-state index in [0.29, 0.717) is 0 Å². The van der Waals surface area contributed by atoms with Gasteiger partial charge in [0.15, 0.2) is 0 Å². The van der Waals surface area contributed by atoms with Crippen molar-refractivity contribution in [2.45, 2.75) is 63.3 Å². The van der Waals surface area contributed by atoms with Crippen molar-refractivity contribution >= 4 is 21.6 Å². The van der Waals surface area contributed by atoms with Crippen LogP contribution in [0.2, 0.25) is 0 Å². The molecule has 0 radical (unpaired) electrons. The minimum atomic E-state index is -0.196. The van der Waals surface area contributed by atoms with E-state index in [1.54, 1.807) is 0 Å². The molecule has 2 saturated carbocycles. The van der Waals surface area contributed by atoms with Gasteiger partial charge in [-0.15, -0.1) is 0 Å². The van der Waals surface area contributed by atoms with Crippen molar-refractivity contribution in [2.24, 2.45) is 0 Å². The molecule has 2 atom stereocenters. The second kappa shape index (κ2) is 6.67. The fraction of sp³-hybridized carbons (Fsp3) is 0.647. The quantitative estimate of drug-likeness (QED) is 0.851. The Morgan fingerprint density at radius 2 is 2.00 bits per heavy atom. The fourth-order valence-corrected chi connectivity index (χ4v) is 3.68. The van der Waals surface area contributed by atoms with Crippen LogP contribution in [0.1, 0.15) is 44.1 Å². The van der Waals surface area contributed by atoms with Crippen molar-refractivity contribution in [1.29, 1.82) is 0 Å². The SMILES string of the molecule is CN(c1ccc(CNC2CC2)c(Br)c1)C1CCCCC1O. The average molecular weight is 353 g/mol. The maximum atomic E-state index is 10.2. The van der Waals surface area contributed by atoms with Gasteiger partial charge in [-0.05, 0) is 43.4 Å². The zero-order valence-corrected chi connectivity index (χ0v) is 14.3. The van der Waals surface area contributed by atoms with Gasteiger partial charge in [0.1, 0.15) is 0 Å². The number of rotatable bonds is 5. The minimum absolute atomic E-state index is 0.196. The lowest BCUT2D eigenvalue weighted by Gasteiger charge is -2.36. The van der Waals surface area contributed by atoms with Crippen molar-refractivity contribution in [3.8, 4) is 0 Å². The molecular formula is C17H25BrN2O. The molecule has 1 aromatic carbocycles. The lowest BCUT2D eigenvalue weighted by atomic mass is 9.91. The number of nitrogens with one attached hydrogen (secondary N) is 1. The maximum absolute atomic E-state index is 10.2. The normalized spacial score (nSPS) is 25.9. The number of aliphatic hydroxyl groups excluding tert-OH is 1. The van der Waals surface area contributed by atoms with Crippen LogP contribution in [0.4, 0.5) is 5.69 Å². The third-order valence-corrected chi connectivity index (χ3v) is 5.53. The summed E-state index contributed by atoms with van der Waals surface area (Å²) in [5.41, 5.74) is 2.49. The summed E-state index contributed by atoms with van der Waals surface area (Å²) < 4.78 is 1.16. The summed E-state index contributed by atoms with van der Waals surface area (Å²) in [6.07, 6.45) is 6.83. The van der Waals surface area contributed by atoms with Crippen LogP contribution in [-0.4, -0.2) is 30.3 Å². The Kier molecular flexibility index (Phi) is 4.87. The molecule has 0 aromatic heterocycles. The van der Waals surface area contributed by atoms with Crippen molar-refractivity contribution in [1.82, 2.24) is 5.32 Å². The van der Waals surface area contributed by atoms with Crippen molar-refractivity contribution < 1.29 is 5.11 Å². The molecule has 0 amide bonds. The topological polar surface area (TPSA) is 35.5 Å². The van der Waals surface area contributed by atoms with E-state index < -0.39 is 0 Å². The van der Waals surface area contributed by atoms with Gasteiger partial charge in [-0.3, -0.25) is 0 Å². The lowest BCUT2D eigenvalue weighted by molar-refractivity contribution is 0.106. The molecule has 4 heteroatoms. The van der Waals surface area contributed by atoms with Crippen LogP contribution in [0, 0.1) is 0 Å². The maximum Gasteiger partial charge on any atom is 0.0743 e. The summed E-state index contributed by atoms with van der Waals surface area (Å²) in [6, 6.07) is 7.54. The molecule has 2 N–H and O–H groups in total. The first-order valence-corrected chi connectivity index (χ1v) is 8.87. The van der Waals surface area contributed by atoms with Crippen LogP contribution >= 0.6 is 15.9 Å². The van der Waals surface area contributed by atoms with Gasteiger partial charge < -0.3 is 15.3 Å². The van der Waals surface area contributed by atoms with Crippen LogP contribution < -0.4 is 10.2 Å². The molecular weight excluding hydrogens is 328 g/mol. The van der Waals surface area contributed by atoms with Crippen LogP contribution in [-0.2, 0) is 6.54 Å². The summed E-state index contributed by atoms with van der Waals surface area (Å²) in [5.74, 6) is 0. The van der Waals surface area contributed by atoms with Crippen LogP contribution in [0.15, 0.2) is 22.7 Å². The summed E-state index contributed by atoms with van der Waals surface area (Å²) >= 11 is 3.70. The van der Waals surface area contributed by atoms with Gasteiger partial charge in [0.05, 0.1) is 12.1 Å². The standard InChI is InChI=1S/C17H25BrN2O/c1-20(16-4-2-3-5-17(16)21)14-9-6-12(15(18)10-14)11-19-13-7-8-13/h6,9-10,13,16-17,19,21H,2-5,7-8,11H2,1H3. The minimum Gasteiger partial charge on any atom is -0.391 e. The predicted molar refractivity (Wildman–Crippen MR) is 90.7 cm³/mol. The molecule has 3 nitrogen and oxygen atoms in total. The monoisotopic (exact) mass is 352 g/mol. The van der Waals surface area contributed by atoms with E-state index in [-0.39, 0.29) is 12.1 Å². The zero-order valence-electron chi connectivity index (χ0n) is 12.7. The highest BCUT2D eigenvalue weighted by molar-refractivity contribution is 9.10. The van der Waals surface area contributed by atoms with Gasteiger partial charge in [0.2, 0.25) is 0 Å². The molecule has 2 fully saturated rings. The van der Waals surface area contributed by atoms with E-state index in [2.05, 4.69) is 51.4 Å². The predicted octanol–water partition coefficient (Wildman–Crippen LogP) is 3.44. The third kappa shape index (κ3) is 3.79. The molecule has 0 saturated heterocycles. The van der Waals surface area contributed by atoms with E-state index in [4.69, 9.17) is 0 Å². The summed E-state index contributed by atoms with van der Waals surface area (Å²) in [6.45, 7) is 0.932. The summed E-state index contributed by atoms with van der Waals surface area (Å²) in [7, 11) is 2.10. The molecule has 0 bridgehead atoms. The average Bonchev–Trinajstić information content (AvgIpc) is 3.30. The second-order valence-electron chi connectivity index (χ2n) is 6.46. The number of nitrogens with zero attached hydrogens (tertiary/aromatic N) is 1. The number of anilines is 1. The largest absolute Gasteiger partial charge is 0.391 e. The van der Waals surface area contributed by atoms with Crippen LogP contribution in [0.3, 0.4) is 0 Å². The molecule has 2 unspecified atom stereocenters. The van der Waals surface area contributed by atoms with Crippen LogP contribution in [0.25, 0.3) is 0 Å². The fourth-order valence-electron chi connectivity index (χ4n) is 3.18. The number of halogens is 1. The van der Waals surface area contributed by atoms with Crippen molar-refractivity contribution in [2.75, 3.05) is 11.9 Å². The third-order valence-electron chi connectivity index (χ3n) is 4.79. The first kappa shape index (κ1) is 15.3. The van der Waals surface area contributed by atoms with Gasteiger partial charge >= 0.3 is 0 Å². The van der Waals surface area contributed by atoms with Gasteiger partial charge in [-0.1, -0.05) is 34.8 Å². The molecule has 116 valence electrons. The Balaban J connectivity index is 1.67. The summed E-state index contributed by atoms with van der Waals surface area (Å²) in [5, 5.41) is 13.8. The van der Waals surface area contributed by atoms with Gasteiger partial charge in [0, 0.05) is 29.8 Å². The highest BCUT2D eigenvalue weighted by atomic mass is 79.9. The van der Waals surface area contributed by atoms with Gasteiger partial charge in [-0.2, -0.15) is 0 Å². The van der Waals surface area contributed by atoms with Crippen molar-refractivity contribution in [3.05, 3.63) is 28.2 Å². The second-order valence-corrected chi connectivity index (χ2v) is 7.32. The Morgan fingerprint density at radius 3 is 2.67 bits per heavy atom. The molecule has 0 spiro atoms. The zero-order chi connectivity index (χ0) is 14.8. The molecule has 0 heterocycles. The van der Waals surface area contributed by atoms with E-state index in [1.165, 1.54) is 30.5 Å². The Hall–Kier alpha value is -0.580. The first-order chi connectivity index (χ1) is 10.1. The number of aliphatic hydroxyl groups is 1. The van der Waals surface area contributed by atoms with Gasteiger partial charge in [0.25, 0.3) is 0 Å². The number of likely N-dealkylation sites (N-methyl/N-ethyl adjacent to an activating group) is 1. The van der Waals surface area contributed by atoms with E-state index in [1.807, 2.05) is 0 Å². The molecule has 2 aliphatic rings. The molecule has 21 heavy (non-hydrogen) atoms. The lowest BCUT2D eigenvalue weighted by Crippen LogP contribution is -2.43. The highest BCUT2D eigenvalue weighted by Gasteiger charge is 2.27. The number of hydrogen-bond donors (Lipinski definition) is 2. The summed E-state index contributed by atoms with van der Waals surface area (Å²) in [4.78, 5) is 2.24. The van der Waals surface area contributed by atoms with Crippen molar-refractivity contribution in [3.63, 3.8) is 0 Å². The van der Waals surface area contributed by atoms with Crippen LogP contribution in [0.5, 0.6) is 0 Å². The smallest absolute Gasteiger partial charge is 0.0743 e. The number of benzene rings is 1. The molecule has 0 aliphatic heterocycles. The van der Waals surface area contributed by atoms with Gasteiger partial charge in [-0.25, -0.2) is 0 Å². The van der Waals surface area contributed by atoms with E-state index in [9.17, 15) is 5.11 Å².